The molecule has 3 aromatic carbocycles. The summed E-state index contributed by atoms with van der Waals surface area (Å²) in [5.41, 5.74) is 5.13. The lowest BCUT2D eigenvalue weighted by molar-refractivity contribution is -0.116. The van der Waals surface area contributed by atoms with Crippen molar-refractivity contribution in [2.24, 2.45) is 0 Å². The van der Waals surface area contributed by atoms with Crippen molar-refractivity contribution in [3.8, 4) is 0 Å². The third kappa shape index (κ3) is 5.18. The highest BCUT2D eigenvalue weighted by Gasteiger charge is 2.24. The van der Waals surface area contributed by atoms with Crippen molar-refractivity contribution < 1.29 is 9.59 Å². The van der Waals surface area contributed by atoms with Gasteiger partial charge in [-0.2, -0.15) is 0 Å². The van der Waals surface area contributed by atoms with E-state index >= 15 is 0 Å². The Balaban J connectivity index is 1.14. The Hall–Kier alpha value is -3.49. The van der Waals surface area contributed by atoms with E-state index < -0.39 is 0 Å². The summed E-state index contributed by atoms with van der Waals surface area (Å²) in [6.45, 7) is 0.709. The third-order valence-electron chi connectivity index (χ3n) is 5.60. The highest BCUT2D eigenvalue weighted by molar-refractivity contribution is 8.01. The molecule has 0 bridgehead atoms. The fourth-order valence-corrected chi connectivity index (χ4v) is 5.52. The fraction of sp³-hybridized carbons (Fsp3) is 0.154. The Kier molecular flexibility index (Phi) is 6.69. The number of anilines is 2. The normalized spacial score (nSPS) is 12.4. The molecule has 34 heavy (non-hydrogen) atoms. The highest BCUT2D eigenvalue weighted by atomic mass is 32.2. The van der Waals surface area contributed by atoms with E-state index in [0.29, 0.717) is 21.6 Å². The van der Waals surface area contributed by atoms with Crippen molar-refractivity contribution in [1.29, 1.82) is 0 Å². The molecular formula is C26H22N4O2S2. The van der Waals surface area contributed by atoms with E-state index in [-0.39, 0.29) is 17.6 Å². The van der Waals surface area contributed by atoms with Crippen LogP contribution in [0.5, 0.6) is 0 Å². The van der Waals surface area contributed by atoms with Crippen LogP contribution < -0.4 is 10.2 Å². The minimum atomic E-state index is -0.233. The fourth-order valence-electron chi connectivity index (χ4n) is 3.89. The maximum atomic E-state index is 12.7. The number of carbonyl (C=O) groups is 2. The summed E-state index contributed by atoms with van der Waals surface area (Å²) in [6.07, 6.45) is 1.70. The van der Waals surface area contributed by atoms with Crippen LogP contribution in [0.4, 0.5) is 10.8 Å². The molecule has 0 saturated carbocycles. The van der Waals surface area contributed by atoms with Crippen molar-refractivity contribution in [2.75, 3.05) is 22.5 Å². The lowest BCUT2D eigenvalue weighted by Crippen LogP contribution is -2.30. The number of thioether (sulfide) groups is 1. The van der Waals surface area contributed by atoms with Crippen LogP contribution in [0, 0.1) is 0 Å². The summed E-state index contributed by atoms with van der Waals surface area (Å²) < 4.78 is 0.648. The summed E-state index contributed by atoms with van der Waals surface area (Å²) in [5, 5.41) is 11.4. The number of para-hydroxylation sites is 1. The molecular weight excluding hydrogens is 464 g/mol. The first kappa shape index (κ1) is 22.3. The SMILES string of the molecule is O=C(Nc1nnc(SCC(=O)N2CCc3ccccc32)s1)c1ccc(Cc2ccccc2)cc1. The molecule has 0 unspecified atom stereocenters. The molecule has 1 aromatic heterocycles. The van der Waals surface area contributed by atoms with Gasteiger partial charge < -0.3 is 4.90 Å². The van der Waals surface area contributed by atoms with Crippen molar-refractivity contribution in [1.82, 2.24) is 10.2 Å². The topological polar surface area (TPSA) is 75.2 Å². The quantitative estimate of drug-likeness (QED) is 0.292. The van der Waals surface area contributed by atoms with Gasteiger partial charge in [0.15, 0.2) is 4.34 Å². The molecule has 0 atom stereocenters. The van der Waals surface area contributed by atoms with Crippen LogP contribution in [-0.4, -0.2) is 34.3 Å². The van der Waals surface area contributed by atoms with E-state index in [9.17, 15) is 9.59 Å². The average molecular weight is 487 g/mol. The molecule has 1 aliphatic rings. The van der Waals surface area contributed by atoms with Gasteiger partial charge in [0.1, 0.15) is 0 Å². The summed E-state index contributed by atoms with van der Waals surface area (Å²) >= 11 is 2.61. The first-order valence-electron chi connectivity index (χ1n) is 10.9. The summed E-state index contributed by atoms with van der Waals surface area (Å²) in [7, 11) is 0. The molecule has 2 amide bonds. The van der Waals surface area contributed by atoms with Crippen molar-refractivity contribution in [3.63, 3.8) is 0 Å². The molecule has 4 aromatic rings. The van der Waals surface area contributed by atoms with Gasteiger partial charge in [0.2, 0.25) is 11.0 Å². The van der Waals surface area contributed by atoms with Crippen LogP contribution in [-0.2, 0) is 17.6 Å². The first-order valence-corrected chi connectivity index (χ1v) is 12.7. The van der Waals surface area contributed by atoms with Crippen LogP contribution in [0.25, 0.3) is 0 Å². The molecule has 6 nitrogen and oxygen atoms in total. The van der Waals surface area contributed by atoms with E-state index in [1.54, 1.807) is 0 Å². The molecule has 170 valence electrons. The lowest BCUT2D eigenvalue weighted by Gasteiger charge is -2.16. The molecule has 0 saturated heterocycles. The predicted molar refractivity (Wildman–Crippen MR) is 137 cm³/mol. The second-order valence-electron chi connectivity index (χ2n) is 7.90. The van der Waals surface area contributed by atoms with Gasteiger partial charge in [0.05, 0.1) is 5.75 Å². The van der Waals surface area contributed by atoms with E-state index in [4.69, 9.17) is 0 Å². The minimum Gasteiger partial charge on any atom is -0.311 e. The second-order valence-corrected chi connectivity index (χ2v) is 10.1. The number of nitrogens with zero attached hydrogens (tertiary/aromatic N) is 3. The molecule has 0 spiro atoms. The zero-order valence-electron chi connectivity index (χ0n) is 18.3. The summed E-state index contributed by atoms with van der Waals surface area (Å²) in [4.78, 5) is 27.1. The number of aromatic nitrogens is 2. The lowest BCUT2D eigenvalue weighted by atomic mass is 10.0. The molecule has 0 fully saturated rings. The van der Waals surface area contributed by atoms with E-state index in [2.05, 4.69) is 33.7 Å². The predicted octanol–water partition coefficient (Wildman–Crippen LogP) is 5.06. The van der Waals surface area contributed by atoms with Crippen LogP contribution >= 0.6 is 23.1 Å². The number of rotatable bonds is 7. The van der Waals surface area contributed by atoms with Crippen molar-refractivity contribution in [3.05, 3.63) is 101 Å². The van der Waals surface area contributed by atoms with Gasteiger partial charge in [-0.15, -0.1) is 10.2 Å². The van der Waals surface area contributed by atoms with Crippen LogP contribution in [0.2, 0.25) is 0 Å². The number of carbonyl (C=O) groups excluding carboxylic acids is 2. The summed E-state index contributed by atoms with van der Waals surface area (Å²) in [5.74, 6) is 0.0924. The van der Waals surface area contributed by atoms with Gasteiger partial charge in [0, 0.05) is 17.8 Å². The molecule has 0 aliphatic carbocycles. The standard InChI is InChI=1S/C26H22N4O2S2/c31-23(30-15-14-20-8-4-5-9-22(20)30)17-33-26-29-28-25(34-26)27-24(32)21-12-10-19(11-13-21)16-18-6-2-1-3-7-18/h1-13H,14-17H2,(H,27,28,32). The van der Waals surface area contributed by atoms with Crippen LogP contribution in [0.1, 0.15) is 27.0 Å². The van der Waals surface area contributed by atoms with Crippen LogP contribution in [0.15, 0.2) is 83.2 Å². The van der Waals surface area contributed by atoms with Gasteiger partial charge in [-0.25, -0.2) is 0 Å². The number of fused-ring (bicyclic) bond motifs is 1. The third-order valence-corrected chi connectivity index (χ3v) is 7.56. The van der Waals surface area contributed by atoms with Crippen molar-refractivity contribution in [2.45, 2.75) is 17.2 Å². The Morgan fingerprint density at radius 1 is 0.912 bits per heavy atom. The van der Waals surface area contributed by atoms with Gasteiger partial charge >= 0.3 is 0 Å². The van der Waals surface area contributed by atoms with Gasteiger partial charge in [-0.1, -0.05) is 83.8 Å². The van der Waals surface area contributed by atoms with Gasteiger partial charge in [0.25, 0.3) is 5.91 Å². The van der Waals surface area contributed by atoms with Gasteiger partial charge in [-0.3, -0.25) is 14.9 Å². The molecule has 8 heteroatoms. The maximum absolute atomic E-state index is 12.7. The smallest absolute Gasteiger partial charge is 0.257 e. The zero-order valence-corrected chi connectivity index (χ0v) is 19.9. The van der Waals surface area contributed by atoms with E-state index in [1.807, 2.05) is 65.6 Å². The average Bonchev–Trinajstić information content (AvgIpc) is 3.50. The van der Waals surface area contributed by atoms with E-state index in [1.165, 1.54) is 34.2 Å². The molecule has 1 N–H and O–H groups in total. The molecule has 2 heterocycles. The number of benzene rings is 3. The summed E-state index contributed by atoms with van der Waals surface area (Å²) in [6, 6.07) is 25.8. The van der Waals surface area contributed by atoms with Gasteiger partial charge in [-0.05, 0) is 47.7 Å². The Morgan fingerprint density at radius 3 is 2.47 bits per heavy atom. The number of hydrogen-bond donors (Lipinski definition) is 1. The Morgan fingerprint density at radius 2 is 1.65 bits per heavy atom. The van der Waals surface area contributed by atoms with Crippen molar-refractivity contribution >= 4 is 45.7 Å². The first-order chi connectivity index (χ1) is 16.7. The van der Waals surface area contributed by atoms with Crippen LogP contribution in [0.3, 0.4) is 0 Å². The number of amides is 2. The second kappa shape index (κ2) is 10.2. The zero-order chi connectivity index (χ0) is 23.3. The Bertz CT molecular complexity index is 1310. The number of hydrogen-bond acceptors (Lipinski definition) is 6. The van der Waals surface area contributed by atoms with E-state index in [0.717, 1.165) is 24.1 Å². The molecule has 1 aliphatic heterocycles. The highest BCUT2D eigenvalue weighted by Crippen LogP contribution is 2.30. The minimum absolute atomic E-state index is 0.0475. The maximum Gasteiger partial charge on any atom is 0.257 e. The Labute approximate surface area is 206 Å². The molecule has 0 radical (unpaired) electrons. The monoisotopic (exact) mass is 486 g/mol. The number of nitrogens with one attached hydrogen (secondary N) is 1. The molecule has 5 rings (SSSR count). The largest absolute Gasteiger partial charge is 0.311 e.